The average molecular weight is 395 g/mol. The number of likely N-dealkylation sites (tertiary alicyclic amines) is 1. The van der Waals surface area contributed by atoms with E-state index in [1.54, 1.807) is 4.68 Å². The van der Waals surface area contributed by atoms with Crippen molar-refractivity contribution in [3.05, 3.63) is 52.8 Å². The molecular formula is C23H30N4O2. The minimum absolute atomic E-state index is 0.0254. The van der Waals surface area contributed by atoms with Crippen LogP contribution >= 0.6 is 0 Å². The largest absolute Gasteiger partial charge is 0.351 e. The molecule has 6 nitrogen and oxygen atoms in total. The topological polar surface area (TPSA) is 67.2 Å². The highest BCUT2D eigenvalue weighted by Gasteiger charge is 2.50. The number of aryl methyl sites for hydroxylation is 2. The molecule has 2 fully saturated rings. The predicted octanol–water partition coefficient (Wildman–Crippen LogP) is 3.13. The van der Waals surface area contributed by atoms with Crippen molar-refractivity contribution in [1.82, 2.24) is 20.0 Å². The second-order valence-corrected chi connectivity index (χ2v) is 8.63. The first-order valence-corrected chi connectivity index (χ1v) is 10.5. The standard InChI is InChI=1S/C23H30N4O2/c1-16-21(17(2)26(3)25-16)22(29)24-15-23-12-7-10-19(23)27(20(28)11-13-23)14-18-8-5-4-6-9-18/h4-6,8-9,19H,7,10-15H2,1-3H3,(H,24,29). The molecule has 1 aliphatic heterocycles. The summed E-state index contributed by atoms with van der Waals surface area (Å²) >= 11 is 0. The highest BCUT2D eigenvalue weighted by atomic mass is 16.2. The van der Waals surface area contributed by atoms with Crippen molar-refractivity contribution in [3.63, 3.8) is 0 Å². The molecule has 0 bridgehead atoms. The number of hydrogen-bond acceptors (Lipinski definition) is 3. The van der Waals surface area contributed by atoms with E-state index in [0.717, 1.165) is 42.6 Å². The van der Waals surface area contributed by atoms with Crippen LogP contribution in [0.1, 0.15) is 59.4 Å². The summed E-state index contributed by atoms with van der Waals surface area (Å²) in [5.74, 6) is 0.182. The molecule has 1 aromatic heterocycles. The Bertz CT molecular complexity index is 920. The Hall–Kier alpha value is -2.63. The van der Waals surface area contributed by atoms with Crippen LogP contribution in [-0.4, -0.2) is 39.1 Å². The summed E-state index contributed by atoms with van der Waals surface area (Å²) in [5, 5.41) is 7.56. The van der Waals surface area contributed by atoms with Crippen molar-refractivity contribution in [2.75, 3.05) is 6.54 Å². The molecule has 1 aromatic carbocycles. The van der Waals surface area contributed by atoms with E-state index in [9.17, 15) is 9.59 Å². The number of aromatic nitrogens is 2. The van der Waals surface area contributed by atoms with E-state index in [1.807, 2.05) is 39.1 Å². The van der Waals surface area contributed by atoms with Crippen molar-refractivity contribution < 1.29 is 9.59 Å². The number of nitrogens with one attached hydrogen (secondary N) is 1. The maximum absolute atomic E-state index is 12.9. The lowest BCUT2D eigenvalue weighted by Crippen LogP contribution is -2.55. The van der Waals surface area contributed by atoms with Gasteiger partial charge in [-0.05, 0) is 38.7 Å². The number of hydrogen-bond donors (Lipinski definition) is 1. The van der Waals surface area contributed by atoms with Crippen LogP contribution in [0.4, 0.5) is 0 Å². The summed E-state index contributed by atoms with van der Waals surface area (Å²) in [6.07, 6.45) is 4.59. The van der Waals surface area contributed by atoms with Gasteiger partial charge in [-0.25, -0.2) is 0 Å². The van der Waals surface area contributed by atoms with Gasteiger partial charge in [0, 0.05) is 43.7 Å². The smallest absolute Gasteiger partial charge is 0.255 e. The number of amides is 2. The van der Waals surface area contributed by atoms with E-state index >= 15 is 0 Å². The molecule has 154 valence electrons. The quantitative estimate of drug-likeness (QED) is 0.847. The van der Waals surface area contributed by atoms with Gasteiger partial charge in [-0.3, -0.25) is 14.3 Å². The second-order valence-electron chi connectivity index (χ2n) is 8.63. The van der Waals surface area contributed by atoms with Crippen LogP contribution < -0.4 is 5.32 Å². The van der Waals surface area contributed by atoms with Crippen LogP contribution in [0.5, 0.6) is 0 Å². The van der Waals surface area contributed by atoms with Gasteiger partial charge in [0.25, 0.3) is 5.91 Å². The zero-order valence-corrected chi connectivity index (χ0v) is 17.6. The summed E-state index contributed by atoms with van der Waals surface area (Å²) in [7, 11) is 1.86. The van der Waals surface area contributed by atoms with Crippen molar-refractivity contribution in [1.29, 1.82) is 0 Å². The Morgan fingerprint density at radius 1 is 1.24 bits per heavy atom. The zero-order chi connectivity index (χ0) is 20.6. The van der Waals surface area contributed by atoms with Crippen LogP contribution in [0.25, 0.3) is 0 Å². The predicted molar refractivity (Wildman–Crippen MR) is 111 cm³/mol. The number of rotatable bonds is 5. The van der Waals surface area contributed by atoms with Crippen LogP contribution in [0.2, 0.25) is 0 Å². The Balaban J connectivity index is 1.51. The van der Waals surface area contributed by atoms with Gasteiger partial charge in [-0.15, -0.1) is 0 Å². The molecule has 1 saturated carbocycles. The maximum Gasteiger partial charge on any atom is 0.255 e. The van der Waals surface area contributed by atoms with E-state index < -0.39 is 0 Å². The lowest BCUT2D eigenvalue weighted by molar-refractivity contribution is -0.142. The summed E-state index contributed by atoms with van der Waals surface area (Å²) in [6.45, 7) is 5.07. The molecule has 2 heterocycles. The summed E-state index contributed by atoms with van der Waals surface area (Å²) in [5.41, 5.74) is 3.45. The highest BCUT2D eigenvalue weighted by molar-refractivity contribution is 5.96. The maximum atomic E-state index is 12.9. The highest BCUT2D eigenvalue weighted by Crippen LogP contribution is 2.48. The SMILES string of the molecule is Cc1nn(C)c(C)c1C(=O)NCC12CCCC1N(Cc1ccccc1)C(=O)CC2. The van der Waals surface area contributed by atoms with Gasteiger partial charge in [0.2, 0.25) is 5.91 Å². The molecule has 29 heavy (non-hydrogen) atoms. The fourth-order valence-electron chi connectivity index (χ4n) is 5.29. The van der Waals surface area contributed by atoms with Crippen molar-refractivity contribution >= 4 is 11.8 Å². The zero-order valence-electron chi connectivity index (χ0n) is 17.6. The molecule has 1 N–H and O–H groups in total. The molecular weight excluding hydrogens is 364 g/mol. The molecule has 2 atom stereocenters. The van der Waals surface area contributed by atoms with Crippen molar-refractivity contribution in [2.45, 2.75) is 58.5 Å². The summed E-state index contributed by atoms with van der Waals surface area (Å²) in [4.78, 5) is 27.8. The number of carbonyl (C=O) groups excluding carboxylic acids is 2. The molecule has 0 spiro atoms. The van der Waals surface area contributed by atoms with Crippen molar-refractivity contribution in [2.24, 2.45) is 12.5 Å². The van der Waals surface area contributed by atoms with E-state index in [2.05, 4.69) is 27.4 Å². The van der Waals surface area contributed by atoms with Crippen LogP contribution in [-0.2, 0) is 18.4 Å². The third kappa shape index (κ3) is 3.56. The van der Waals surface area contributed by atoms with Crippen LogP contribution in [0.15, 0.2) is 30.3 Å². The Morgan fingerprint density at radius 2 is 2.00 bits per heavy atom. The van der Waals surface area contributed by atoms with Gasteiger partial charge in [0.15, 0.2) is 0 Å². The molecule has 2 amide bonds. The van der Waals surface area contributed by atoms with Gasteiger partial charge < -0.3 is 10.2 Å². The van der Waals surface area contributed by atoms with Gasteiger partial charge in [-0.2, -0.15) is 5.10 Å². The van der Waals surface area contributed by atoms with Crippen LogP contribution in [0.3, 0.4) is 0 Å². The molecule has 4 rings (SSSR count). The minimum atomic E-state index is -0.0559. The Kier molecular flexibility index (Phi) is 5.19. The first-order chi connectivity index (χ1) is 13.9. The number of carbonyl (C=O) groups is 2. The molecule has 1 aliphatic carbocycles. The summed E-state index contributed by atoms with van der Waals surface area (Å²) in [6, 6.07) is 10.4. The fourth-order valence-corrected chi connectivity index (χ4v) is 5.29. The van der Waals surface area contributed by atoms with Gasteiger partial charge in [0.1, 0.15) is 0 Å². The number of fused-ring (bicyclic) bond motifs is 1. The first-order valence-electron chi connectivity index (χ1n) is 10.5. The third-order valence-electron chi connectivity index (χ3n) is 6.93. The second kappa shape index (κ2) is 7.65. The first kappa shape index (κ1) is 19.7. The lowest BCUT2D eigenvalue weighted by Gasteiger charge is -2.46. The van der Waals surface area contributed by atoms with Gasteiger partial charge >= 0.3 is 0 Å². The van der Waals surface area contributed by atoms with E-state index in [1.165, 1.54) is 0 Å². The normalized spacial score (nSPS) is 23.9. The Labute approximate surface area is 172 Å². The van der Waals surface area contributed by atoms with Gasteiger partial charge in [0.05, 0.1) is 11.3 Å². The third-order valence-corrected chi connectivity index (χ3v) is 6.93. The minimum Gasteiger partial charge on any atom is -0.351 e. The monoisotopic (exact) mass is 394 g/mol. The Morgan fingerprint density at radius 3 is 2.69 bits per heavy atom. The molecule has 2 unspecified atom stereocenters. The fraction of sp³-hybridized carbons (Fsp3) is 0.522. The molecule has 2 aliphatic rings. The molecule has 2 aromatic rings. The van der Waals surface area contributed by atoms with E-state index in [0.29, 0.717) is 25.1 Å². The van der Waals surface area contributed by atoms with E-state index in [-0.39, 0.29) is 23.3 Å². The lowest BCUT2D eigenvalue weighted by atomic mass is 9.74. The summed E-state index contributed by atoms with van der Waals surface area (Å²) < 4.78 is 1.75. The van der Waals surface area contributed by atoms with E-state index in [4.69, 9.17) is 0 Å². The van der Waals surface area contributed by atoms with Gasteiger partial charge in [-0.1, -0.05) is 36.8 Å². The molecule has 6 heteroatoms. The average Bonchev–Trinajstić information content (AvgIpc) is 3.24. The van der Waals surface area contributed by atoms with Crippen LogP contribution in [0, 0.1) is 19.3 Å². The number of benzene rings is 1. The number of nitrogens with zero attached hydrogens (tertiary/aromatic N) is 3. The molecule has 1 saturated heterocycles. The number of piperidine rings is 1. The molecule has 0 radical (unpaired) electrons. The van der Waals surface area contributed by atoms with Crippen molar-refractivity contribution in [3.8, 4) is 0 Å².